The number of carbonyl (C=O) groups excluding carboxylic acids is 2. The van der Waals surface area contributed by atoms with Crippen LogP contribution >= 0.6 is 11.6 Å². The van der Waals surface area contributed by atoms with Gasteiger partial charge >= 0.3 is 0 Å². The van der Waals surface area contributed by atoms with Crippen molar-refractivity contribution in [1.82, 2.24) is 9.80 Å². The molecule has 0 spiro atoms. The summed E-state index contributed by atoms with van der Waals surface area (Å²) in [5.41, 5.74) is 1.31. The molecule has 1 aliphatic heterocycles. The lowest BCUT2D eigenvalue weighted by Gasteiger charge is -2.34. The Morgan fingerprint density at radius 2 is 1.75 bits per heavy atom. The highest BCUT2D eigenvalue weighted by Gasteiger charge is 2.23. The molecule has 7 heteroatoms. The molecule has 2 amide bonds. The number of hydrogen-bond acceptors (Lipinski definition) is 4. The number of amides is 2. The third-order valence-corrected chi connectivity index (χ3v) is 6.01. The van der Waals surface area contributed by atoms with Crippen molar-refractivity contribution in [3.63, 3.8) is 0 Å². The molecule has 1 aliphatic rings. The summed E-state index contributed by atoms with van der Waals surface area (Å²) in [7, 11) is 1.55. The lowest BCUT2D eigenvalue weighted by Crippen LogP contribution is -2.49. The van der Waals surface area contributed by atoms with Gasteiger partial charge in [0.1, 0.15) is 5.75 Å². The number of rotatable bonds is 6. The van der Waals surface area contributed by atoms with Gasteiger partial charge in [0.2, 0.25) is 5.91 Å². The highest BCUT2D eigenvalue weighted by atomic mass is 35.5. The van der Waals surface area contributed by atoms with Gasteiger partial charge < -0.3 is 15.0 Å². The number of halogens is 1. The second-order valence-corrected chi connectivity index (χ2v) is 8.24. The molecule has 3 aromatic rings. The molecule has 0 aromatic heterocycles. The van der Waals surface area contributed by atoms with Crippen LogP contribution in [0, 0.1) is 0 Å². The molecule has 166 valence electrons. The van der Waals surface area contributed by atoms with E-state index in [1.165, 1.54) is 0 Å². The number of ether oxygens (including phenoxy) is 1. The molecule has 0 atom stereocenters. The van der Waals surface area contributed by atoms with Crippen LogP contribution in [0.2, 0.25) is 5.02 Å². The van der Waals surface area contributed by atoms with Crippen molar-refractivity contribution in [3.8, 4) is 5.75 Å². The van der Waals surface area contributed by atoms with Crippen LogP contribution in [0.3, 0.4) is 0 Å². The fourth-order valence-electron chi connectivity index (χ4n) is 4.01. The van der Waals surface area contributed by atoms with Crippen molar-refractivity contribution in [2.24, 2.45) is 0 Å². The van der Waals surface area contributed by atoms with Crippen LogP contribution in [0.15, 0.2) is 60.7 Å². The number of hydrogen-bond donors (Lipinski definition) is 1. The predicted molar refractivity (Wildman–Crippen MR) is 128 cm³/mol. The van der Waals surface area contributed by atoms with Gasteiger partial charge in [-0.3, -0.25) is 14.5 Å². The predicted octanol–water partition coefficient (Wildman–Crippen LogP) is 4.29. The standard InChI is InChI=1S/C25H26ClN3O3/c1-32-23-10-9-19(26)17-22(23)27-24(30)11-12-28-13-15-29(16-14-28)25(31)21-8-4-6-18-5-2-3-7-20(18)21/h2-10,17H,11-16H2,1H3,(H,27,30). The van der Waals surface area contributed by atoms with Gasteiger partial charge in [-0.2, -0.15) is 0 Å². The lowest BCUT2D eigenvalue weighted by atomic mass is 10.0. The van der Waals surface area contributed by atoms with Gasteiger partial charge in [-0.1, -0.05) is 48.0 Å². The van der Waals surface area contributed by atoms with Gasteiger partial charge in [0, 0.05) is 49.7 Å². The van der Waals surface area contributed by atoms with Gasteiger partial charge in [0.25, 0.3) is 5.91 Å². The maximum Gasteiger partial charge on any atom is 0.254 e. The smallest absolute Gasteiger partial charge is 0.254 e. The van der Waals surface area contributed by atoms with E-state index in [0.29, 0.717) is 42.5 Å². The van der Waals surface area contributed by atoms with Gasteiger partial charge in [0.05, 0.1) is 12.8 Å². The first-order valence-electron chi connectivity index (χ1n) is 10.7. The van der Waals surface area contributed by atoms with E-state index in [2.05, 4.69) is 10.2 Å². The van der Waals surface area contributed by atoms with E-state index < -0.39 is 0 Å². The quantitative estimate of drug-likeness (QED) is 0.607. The van der Waals surface area contributed by atoms with E-state index in [-0.39, 0.29) is 11.8 Å². The third-order valence-electron chi connectivity index (χ3n) is 5.77. The number of benzene rings is 3. The van der Waals surface area contributed by atoms with Gasteiger partial charge in [-0.05, 0) is 35.0 Å². The molecule has 4 rings (SSSR count). The number of anilines is 1. The zero-order valence-electron chi connectivity index (χ0n) is 18.0. The molecule has 0 bridgehead atoms. The fourth-order valence-corrected chi connectivity index (χ4v) is 4.18. The summed E-state index contributed by atoms with van der Waals surface area (Å²) in [4.78, 5) is 29.6. The molecule has 0 unspecified atom stereocenters. The molecule has 0 saturated carbocycles. The van der Waals surface area contributed by atoms with Crippen LogP contribution < -0.4 is 10.1 Å². The molecular formula is C25H26ClN3O3. The van der Waals surface area contributed by atoms with Crippen LogP contribution in [0.4, 0.5) is 5.69 Å². The summed E-state index contributed by atoms with van der Waals surface area (Å²) in [6.45, 7) is 3.40. The summed E-state index contributed by atoms with van der Waals surface area (Å²) in [6, 6.07) is 18.9. The Bertz CT molecular complexity index is 1120. The molecule has 0 radical (unpaired) electrons. The monoisotopic (exact) mass is 451 g/mol. The minimum Gasteiger partial charge on any atom is -0.495 e. The summed E-state index contributed by atoms with van der Waals surface area (Å²) in [5.74, 6) is 0.537. The molecule has 1 heterocycles. The number of piperazine rings is 1. The van der Waals surface area contributed by atoms with Gasteiger partial charge in [-0.25, -0.2) is 0 Å². The van der Waals surface area contributed by atoms with Crippen molar-refractivity contribution < 1.29 is 14.3 Å². The first kappa shape index (κ1) is 22.1. The summed E-state index contributed by atoms with van der Waals surface area (Å²) >= 11 is 6.02. The number of carbonyl (C=O) groups is 2. The Hall–Kier alpha value is -3.09. The summed E-state index contributed by atoms with van der Waals surface area (Å²) < 4.78 is 5.27. The van der Waals surface area contributed by atoms with E-state index >= 15 is 0 Å². The molecule has 1 N–H and O–H groups in total. The third kappa shape index (κ3) is 5.03. The maximum atomic E-state index is 13.1. The maximum absolute atomic E-state index is 13.1. The number of nitrogens with one attached hydrogen (secondary N) is 1. The molecule has 1 saturated heterocycles. The SMILES string of the molecule is COc1ccc(Cl)cc1NC(=O)CCN1CCN(C(=O)c2cccc3ccccc23)CC1. The van der Waals surface area contributed by atoms with E-state index in [9.17, 15) is 9.59 Å². The normalized spacial score (nSPS) is 14.4. The van der Waals surface area contributed by atoms with E-state index in [4.69, 9.17) is 16.3 Å². The average molecular weight is 452 g/mol. The van der Waals surface area contributed by atoms with Crippen LogP contribution in [0.1, 0.15) is 16.8 Å². The van der Waals surface area contributed by atoms with E-state index in [0.717, 1.165) is 29.4 Å². The van der Waals surface area contributed by atoms with Crippen LogP contribution in [0.25, 0.3) is 10.8 Å². The second-order valence-electron chi connectivity index (χ2n) is 7.80. The topological polar surface area (TPSA) is 61.9 Å². The average Bonchev–Trinajstić information content (AvgIpc) is 2.82. The minimum absolute atomic E-state index is 0.0623. The zero-order valence-corrected chi connectivity index (χ0v) is 18.8. The fraction of sp³-hybridized carbons (Fsp3) is 0.280. The highest BCUT2D eigenvalue weighted by molar-refractivity contribution is 6.31. The van der Waals surface area contributed by atoms with E-state index in [1.54, 1.807) is 25.3 Å². The molecule has 0 aliphatic carbocycles. The number of methoxy groups -OCH3 is 1. The van der Waals surface area contributed by atoms with Crippen molar-refractivity contribution in [2.45, 2.75) is 6.42 Å². The summed E-state index contributed by atoms with van der Waals surface area (Å²) in [5, 5.41) is 5.45. The van der Waals surface area contributed by atoms with Crippen LogP contribution in [-0.2, 0) is 4.79 Å². The molecule has 32 heavy (non-hydrogen) atoms. The molecule has 1 fully saturated rings. The van der Waals surface area contributed by atoms with Crippen molar-refractivity contribution in [2.75, 3.05) is 45.2 Å². The molecule has 6 nitrogen and oxygen atoms in total. The summed E-state index contributed by atoms with van der Waals surface area (Å²) in [6.07, 6.45) is 0.354. The van der Waals surface area contributed by atoms with Gasteiger partial charge in [-0.15, -0.1) is 0 Å². The minimum atomic E-state index is -0.0974. The van der Waals surface area contributed by atoms with Gasteiger partial charge in [0.15, 0.2) is 0 Å². The van der Waals surface area contributed by atoms with Crippen molar-refractivity contribution in [1.29, 1.82) is 0 Å². The largest absolute Gasteiger partial charge is 0.495 e. The zero-order chi connectivity index (χ0) is 22.5. The van der Waals surface area contributed by atoms with E-state index in [1.807, 2.05) is 47.4 Å². The highest BCUT2D eigenvalue weighted by Crippen LogP contribution is 2.27. The Balaban J connectivity index is 1.29. The van der Waals surface area contributed by atoms with Crippen molar-refractivity contribution >= 4 is 39.9 Å². The Kier molecular flexibility index (Phi) is 6.93. The first-order chi connectivity index (χ1) is 15.5. The lowest BCUT2D eigenvalue weighted by molar-refractivity contribution is -0.116. The van der Waals surface area contributed by atoms with Crippen LogP contribution in [0.5, 0.6) is 5.75 Å². The van der Waals surface area contributed by atoms with Crippen LogP contribution in [-0.4, -0.2) is 61.4 Å². The molecule has 3 aromatic carbocycles. The Morgan fingerprint density at radius 3 is 2.53 bits per heavy atom. The molecular weight excluding hydrogens is 426 g/mol. The first-order valence-corrected chi connectivity index (χ1v) is 11.1. The Morgan fingerprint density at radius 1 is 1.00 bits per heavy atom. The van der Waals surface area contributed by atoms with Crippen molar-refractivity contribution in [3.05, 3.63) is 71.2 Å². The number of nitrogens with zero attached hydrogens (tertiary/aromatic N) is 2. The Labute approximate surface area is 192 Å². The second kappa shape index (κ2) is 10.0. The number of fused-ring (bicyclic) bond motifs is 1.